The Morgan fingerprint density at radius 1 is 1.50 bits per heavy atom. The van der Waals surface area contributed by atoms with E-state index < -0.39 is 16.2 Å². The lowest BCUT2D eigenvalue weighted by Crippen LogP contribution is -2.43. The molecule has 84 valence electrons. The van der Waals surface area contributed by atoms with E-state index in [9.17, 15) is 9.00 Å². The van der Waals surface area contributed by atoms with Gasteiger partial charge < -0.3 is 11.1 Å². The highest BCUT2D eigenvalue weighted by Crippen LogP contribution is 2.11. The molecule has 0 aliphatic heterocycles. The summed E-state index contributed by atoms with van der Waals surface area (Å²) < 4.78 is 11.0. The third-order valence-electron chi connectivity index (χ3n) is 2.06. The van der Waals surface area contributed by atoms with Crippen molar-refractivity contribution in [1.29, 1.82) is 0 Å². The van der Waals surface area contributed by atoms with Crippen LogP contribution in [0.3, 0.4) is 0 Å². The summed E-state index contributed by atoms with van der Waals surface area (Å²) in [4.78, 5) is 11.5. The minimum atomic E-state index is -0.818. The van der Waals surface area contributed by atoms with E-state index >= 15 is 0 Å². The summed E-state index contributed by atoms with van der Waals surface area (Å²) in [6.07, 6.45) is 0. The molecule has 5 heteroatoms. The van der Waals surface area contributed by atoms with Gasteiger partial charge in [0.05, 0.1) is 5.41 Å². The summed E-state index contributed by atoms with van der Waals surface area (Å²) in [6, 6.07) is 0. The van der Waals surface area contributed by atoms with Crippen LogP contribution in [0.4, 0.5) is 0 Å². The van der Waals surface area contributed by atoms with Gasteiger partial charge in [-0.15, -0.1) is 0 Å². The van der Waals surface area contributed by atoms with Gasteiger partial charge in [-0.2, -0.15) is 0 Å². The van der Waals surface area contributed by atoms with Gasteiger partial charge >= 0.3 is 0 Å². The van der Waals surface area contributed by atoms with Crippen molar-refractivity contribution in [2.24, 2.45) is 11.1 Å². The molecular weight excluding hydrogens is 200 g/mol. The molecule has 0 aliphatic carbocycles. The van der Waals surface area contributed by atoms with Gasteiger partial charge in [-0.1, -0.05) is 6.92 Å². The van der Waals surface area contributed by atoms with Crippen molar-refractivity contribution in [3.8, 4) is 0 Å². The smallest absolute Gasteiger partial charge is 0.226 e. The fraction of sp³-hybridized carbons (Fsp3) is 0.889. The molecule has 0 saturated heterocycles. The average Bonchev–Trinajstić information content (AvgIpc) is 2.17. The first-order valence-corrected chi connectivity index (χ1v) is 6.26. The largest absolute Gasteiger partial charge is 0.355 e. The molecule has 0 saturated carbocycles. The van der Waals surface area contributed by atoms with E-state index in [1.807, 2.05) is 6.92 Å². The fourth-order valence-corrected chi connectivity index (χ4v) is 1.37. The Labute approximate surface area is 88.1 Å². The van der Waals surface area contributed by atoms with Crippen LogP contribution in [0.25, 0.3) is 0 Å². The predicted octanol–water partition coefficient (Wildman–Crippen LogP) is -0.144. The average molecular weight is 220 g/mol. The number of nitrogens with one attached hydrogen (secondary N) is 1. The molecule has 0 bridgehead atoms. The van der Waals surface area contributed by atoms with Crippen LogP contribution in [0.1, 0.15) is 20.8 Å². The Hall–Kier alpha value is -0.420. The third kappa shape index (κ3) is 4.72. The number of rotatable bonds is 6. The highest BCUT2D eigenvalue weighted by Gasteiger charge is 2.24. The summed E-state index contributed by atoms with van der Waals surface area (Å²) in [7, 11) is -0.818. The van der Waals surface area contributed by atoms with Crippen LogP contribution >= 0.6 is 0 Å². The number of nitrogens with two attached hydrogens (primary N) is 1. The second-order valence-electron chi connectivity index (χ2n) is 3.78. The molecular formula is C9H20N2O2S. The van der Waals surface area contributed by atoms with Gasteiger partial charge in [0.2, 0.25) is 5.91 Å². The molecule has 0 fully saturated rings. The topological polar surface area (TPSA) is 72.2 Å². The van der Waals surface area contributed by atoms with E-state index in [0.717, 1.165) is 0 Å². The van der Waals surface area contributed by atoms with Gasteiger partial charge in [0, 0.05) is 35.4 Å². The molecule has 14 heavy (non-hydrogen) atoms. The van der Waals surface area contributed by atoms with E-state index in [0.29, 0.717) is 24.6 Å². The van der Waals surface area contributed by atoms with Gasteiger partial charge in [-0.25, -0.2) is 0 Å². The van der Waals surface area contributed by atoms with Crippen molar-refractivity contribution in [3.63, 3.8) is 0 Å². The van der Waals surface area contributed by atoms with Crippen molar-refractivity contribution in [1.82, 2.24) is 5.32 Å². The van der Waals surface area contributed by atoms with E-state index in [-0.39, 0.29) is 5.91 Å². The molecule has 0 aromatic carbocycles. The van der Waals surface area contributed by atoms with Crippen LogP contribution in [0.2, 0.25) is 0 Å². The standard InChI is InChI=1S/C9H20N2O2S/c1-4-14(13)6-5-11-8(12)9(2,3)7-10/h4-7,10H2,1-3H3,(H,11,12). The Morgan fingerprint density at radius 2 is 2.07 bits per heavy atom. The predicted molar refractivity (Wildman–Crippen MR) is 59.4 cm³/mol. The number of hydrogen-bond acceptors (Lipinski definition) is 3. The SMILES string of the molecule is CCS(=O)CCNC(=O)C(C)(C)CN. The lowest BCUT2D eigenvalue weighted by atomic mass is 9.93. The maximum absolute atomic E-state index is 11.5. The number of hydrogen-bond donors (Lipinski definition) is 2. The van der Waals surface area contributed by atoms with Crippen molar-refractivity contribution in [3.05, 3.63) is 0 Å². The highest BCUT2D eigenvalue weighted by atomic mass is 32.2. The van der Waals surface area contributed by atoms with Crippen molar-refractivity contribution in [2.75, 3.05) is 24.6 Å². The quantitative estimate of drug-likeness (QED) is 0.654. The molecule has 4 nitrogen and oxygen atoms in total. The molecule has 0 rings (SSSR count). The first-order valence-electron chi connectivity index (χ1n) is 4.77. The number of carbonyl (C=O) groups is 1. The van der Waals surface area contributed by atoms with Gasteiger partial charge in [0.1, 0.15) is 0 Å². The lowest BCUT2D eigenvalue weighted by Gasteiger charge is -2.20. The molecule has 0 aromatic heterocycles. The van der Waals surface area contributed by atoms with E-state index in [1.54, 1.807) is 13.8 Å². The monoisotopic (exact) mass is 220 g/mol. The molecule has 0 aromatic rings. The van der Waals surface area contributed by atoms with Crippen LogP contribution in [0, 0.1) is 5.41 Å². The second kappa shape index (κ2) is 6.14. The summed E-state index contributed by atoms with van der Waals surface area (Å²) in [6.45, 7) is 6.22. The van der Waals surface area contributed by atoms with Crippen LogP contribution < -0.4 is 11.1 Å². The van der Waals surface area contributed by atoms with Crippen LogP contribution in [0.15, 0.2) is 0 Å². The lowest BCUT2D eigenvalue weighted by molar-refractivity contribution is -0.128. The van der Waals surface area contributed by atoms with Crippen LogP contribution in [0.5, 0.6) is 0 Å². The molecule has 3 N–H and O–H groups in total. The zero-order valence-electron chi connectivity index (χ0n) is 9.13. The van der Waals surface area contributed by atoms with Crippen molar-refractivity contribution >= 4 is 16.7 Å². The molecule has 0 radical (unpaired) electrons. The second-order valence-corrected chi connectivity index (χ2v) is 5.64. The Morgan fingerprint density at radius 3 is 2.50 bits per heavy atom. The Balaban J connectivity index is 3.80. The van der Waals surface area contributed by atoms with Gasteiger partial charge in [-0.3, -0.25) is 9.00 Å². The third-order valence-corrected chi connectivity index (χ3v) is 3.37. The first-order chi connectivity index (χ1) is 6.44. The summed E-state index contributed by atoms with van der Waals surface area (Å²) in [5.74, 6) is 1.08. The first kappa shape index (κ1) is 13.6. The van der Waals surface area contributed by atoms with E-state index in [1.165, 1.54) is 0 Å². The number of carbonyl (C=O) groups excluding carboxylic acids is 1. The molecule has 1 amide bonds. The van der Waals surface area contributed by atoms with Crippen molar-refractivity contribution in [2.45, 2.75) is 20.8 Å². The summed E-state index contributed by atoms with van der Waals surface area (Å²) in [5.41, 5.74) is 4.91. The van der Waals surface area contributed by atoms with Crippen molar-refractivity contribution < 1.29 is 9.00 Å². The zero-order chi connectivity index (χ0) is 11.2. The van der Waals surface area contributed by atoms with E-state index in [2.05, 4.69) is 5.32 Å². The highest BCUT2D eigenvalue weighted by molar-refractivity contribution is 7.84. The molecule has 1 atom stereocenters. The summed E-state index contributed by atoms with van der Waals surface area (Å²) >= 11 is 0. The Bertz CT molecular complexity index is 217. The minimum Gasteiger partial charge on any atom is -0.355 e. The molecule has 0 aliphatic rings. The fourth-order valence-electron chi connectivity index (χ4n) is 0.755. The summed E-state index contributed by atoms with van der Waals surface area (Å²) in [5, 5.41) is 2.73. The van der Waals surface area contributed by atoms with Crippen LogP contribution in [-0.4, -0.2) is 34.7 Å². The van der Waals surface area contributed by atoms with Crippen LogP contribution in [-0.2, 0) is 15.6 Å². The van der Waals surface area contributed by atoms with Gasteiger partial charge in [0.25, 0.3) is 0 Å². The maximum Gasteiger partial charge on any atom is 0.226 e. The number of amides is 1. The maximum atomic E-state index is 11.5. The normalized spacial score (nSPS) is 13.7. The molecule has 0 spiro atoms. The Kier molecular flexibility index (Phi) is 5.95. The minimum absolute atomic E-state index is 0.0758. The van der Waals surface area contributed by atoms with Gasteiger partial charge in [-0.05, 0) is 13.8 Å². The molecule has 1 unspecified atom stereocenters. The molecule has 0 heterocycles. The van der Waals surface area contributed by atoms with E-state index in [4.69, 9.17) is 5.73 Å². The zero-order valence-corrected chi connectivity index (χ0v) is 9.95. The van der Waals surface area contributed by atoms with Gasteiger partial charge in [0.15, 0.2) is 0 Å².